The quantitative estimate of drug-likeness (QED) is 0.758. The van der Waals surface area contributed by atoms with Crippen LogP contribution in [0.2, 0.25) is 0 Å². The molecule has 1 aliphatic rings. The van der Waals surface area contributed by atoms with Gasteiger partial charge in [0.25, 0.3) is 5.91 Å². The lowest BCUT2D eigenvalue weighted by molar-refractivity contribution is -0.135. The number of rotatable bonds is 2. The Morgan fingerprint density at radius 1 is 1.30 bits per heavy atom. The molecule has 0 unspecified atom stereocenters. The minimum Gasteiger partial charge on any atom is -0.347 e. The monoisotopic (exact) mass is 276 g/mol. The molecule has 108 valence electrons. The second-order valence-corrected chi connectivity index (χ2v) is 5.20. The Labute approximate surface area is 119 Å². The maximum atomic E-state index is 12.4. The van der Waals surface area contributed by atoms with Crippen LogP contribution < -0.4 is 0 Å². The van der Waals surface area contributed by atoms with Gasteiger partial charge in [0.05, 0.1) is 0 Å². The smallest absolute Gasteiger partial charge is 0.272 e. The summed E-state index contributed by atoms with van der Waals surface area (Å²) in [6.45, 7) is 1.70. The lowest BCUT2D eigenvalue weighted by Gasteiger charge is -2.39. The zero-order valence-corrected chi connectivity index (χ0v) is 12.1. The molecular formula is C14H20N4O2. The molecule has 1 atom stereocenters. The number of nitrogens with zero attached hydrogens (tertiary/aromatic N) is 4. The first-order chi connectivity index (χ1) is 9.50. The zero-order valence-electron chi connectivity index (χ0n) is 12.1. The average Bonchev–Trinajstić information content (AvgIpc) is 2.47. The minimum absolute atomic E-state index is 0.0195. The van der Waals surface area contributed by atoms with Gasteiger partial charge in [-0.2, -0.15) is 0 Å². The zero-order chi connectivity index (χ0) is 14.7. The predicted octanol–water partition coefficient (Wildman–Crippen LogP) is -0.0740. The summed E-state index contributed by atoms with van der Waals surface area (Å²) in [7, 11) is 5.38. The number of hydrogen-bond acceptors (Lipinski definition) is 4. The first-order valence-corrected chi connectivity index (χ1v) is 6.62. The van der Waals surface area contributed by atoms with Crippen molar-refractivity contribution in [3.8, 4) is 0 Å². The van der Waals surface area contributed by atoms with Crippen LogP contribution in [0, 0.1) is 0 Å². The summed E-state index contributed by atoms with van der Waals surface area (Å²) in [5.41, 5.74) is 0.424. The van der Waals surface area contributed by atoms with Crippen LogP contribution in [-0.4, -0.2) is 78.3 Å². The van der Waals surface area contributed by atoms with Crippen LogP contribution in [0.25, 0.3) is 0 Å². The molecule has 0 spiro atoms. The number of carbonyl (C=O) groups excluding carboxylic acids is 2. The average molecular weight is 276 g/mol. The van der Waals surface area contributed by atoms with Crippen molar-refractivity contribution >= 4 is 11.8 Å². The number of piperazine rings is 1. The van der Waals surface area contributed by atoms with E-state index in [1.165, 1.54) is 0 Å². The van der Waals surface area contributed by atoms with Gasteiger partial charge < -0.3 is 9.80 Å². The number of likely N-dealkylation sites (N-methyl/N-ethyl adjacent to an activating group) is 2. The number of amides is 2. The molecule has 2 amide bonds. The molecule has 1 fully saturated rings. The van der Waals surface area contributed by atoms with Crippen LogP contribution in [0.4, 0.5) is 0 Å². The van der Waals surface area contributed by atoms with Crippen molar-refractivity contribution in [3.63, 3.8) is 0 Å². The van der Waals surface area contributed by atoms with E-state index in [-0.39, 0.29) is 17.9 Å². The second-order valence-electron chi connectivity index (χ2n) is 5.20. The molecular weight excluding hydrogens is 256 g/mol. The van der Waals surface area contributed by atoms with E-state index in [9.17, 15) is 9.59 Å². The molecule has 0 N–H and O–H groups in total. The Morgan fingerprint density at radius 2 is 2.05 bits per heavy atom. The Bertz CT molecular complexity index is 489. The van der Waals surface area contributed by atoms with Gasteiger partial charge in [-0.25, -0.2) is 0 Å². The molecule has 6 heteroatoms. The molecule has 1 saturated heterocycles. The molecule has 6 nitrogen and oxygen atoms in total. The van der Waals surface area contributed by atoms with Gasteiger partial charge in [0.15, 0.2) is 0 Å². The maximum Gasteiger partial charge on any atom is 0.272 e. The fourth-order valence-electron chi connectivity index (χ4n) is 2.27. The summed E-state index contributed by atoms with van der Waals surface area (Å²) in [6, 6.07) is 4.98. The Hall–Kier alpha value is -1.95. The Morgan fingerprint density at radius 3 is 2.65 bits per heavy atom. The highest BCUT2D eigenvalue weighted by Crippen LogP contribution is 2.12. The van der Waals surface area contributed by atoms with Crippen LogP contribution in [-0.2, 0) is 4.79 Å². The number of aromatic nitrogens is 1. The topological polar surface area (TPSA) is 56.8 Å². The molecule has 20 heavy (non-hydrogen) atoms. The first kappa shape index (κ1) is 14.5. The summed E-state index contributed by atoms with van der Waals surface area (Å²) >= 11 is 0. The third-order valence-corrected chi connectivity index (χ3v) is 3.55. The SMILES string of the molecule is CN(C)C(=O)[C@H]1CN(C(=O)c2ccccn2)CCN1C. The molecule has 0 saturated carbocycles. The van der Waals surface area contributed by atoms with Crippen molar-refractivity contribution in [2.24, 2.45) is 0 Å². The van der Waals surface area contributed by atoms with Gasteiger partial charge in [0, 0.05) is 39.9 Å². The maximum absolute atomic E-state index is 12.4. The lowest BCUT2D eigenvalue weighted by Crippen LogP contribution is -2.58. The highest BCUT2D eigenvalue weighted by molar-refractivity contribution is 5.93. The fraction of sp³-hybridized carbons (Fsp3) is 0.500. The van der Waals surface area contributed by atoms with E-state index in [0.29, 0.717) is 25.3 Å². The van der Waals surface area contributed by atoms with Crippen LogP contribution in [0.3, 0.4) is 0 Å². The third-order valence-electron chi connectivity index (χ3n) is 3.55. The lowest BCUT2D eigenvalue weighted by atomic mass is 10.1. The molecule has 2 heterocycles. The van der Waals surface area contributed by atoms with E-state index in [4.69, 9.17) is 0 Å². The normalized spacial score (nSPS) is 19.8. The van der Waals surface area contributed by atoms with E-state index < -0.39 is 0 Å². The summed E-state index contributed by atoms with van der Waals surface area (Å²) in [5.74, 6) is -0.0960. The summed E-state index contributed by atoms with van der Waals surface area (Å²) in [5, 5.41) is 0. The predicted molar refractivity (Wildman–Crippen MR) is 75.3 cm³/mol. The van der Waals surface area contributed by atoms with Gasteiger partial charge >= 0.3 is 0 Å². The van der Waals surface area contributed by atoms with Crippen molar-refractivity contribution in [2.45, 2.75) is 6.04 Å². The van der Waals surface area contributed by atoms with Gasteiger partial charge in [-0.3, -0.25) is 19.5 Å². The van der Waals surface area contributed by atoms with Crippen molar-refractivity contribution in [3.05, 3.63) is 30.1 Å². The Balaban J connectivity index is 2.11. The van der Waals surface area contributed by atoms with Gasteiger partial charge in [-0.1, -0.05) is 6.07 Å². The third kappa shape index (κ3) is 2.96. The highest BCUT2D eigenvalue weighted by Gasteiger charge is 2.33. The molecule has 0 bridgehead atoms. The number of hydrogen-bond donors (Lipinski definition) is 0. The summed E-state index contributed by atoms with van der Waals surface area (Å²) in [4.78, 5) is 33.8. The second kappa shape index (κ2) is 6.00. The summed E-state index contributed by atoms with van der Waals surface area (Å²) in [6.07, 6.45) is 1.60. The van der Waals surface area contributed by atoms with Crippen LogP contribution in [0.1, 0.15) is 10.5 Å². The van der Waals surface area contributed by atoms with Gasteiger partial charge in [-0.05, 0) is 19.2 Å². The summed E-state index contributed by atoms with van der Waals surface area (Å²) < 4.78 is 0. The van der Waals surface area contributed by atoms with Crippen LogP contribution in [0.5, 0.6) is 0 Å². The van der Waals surface area contributed by atoms with Crippen molar-refractivity contribution in [1.82, 2.24) is 19.7 Å². The molecule has 0 aliphatic carbocycles. The van der Waals surface area contributed by atoms with E-state index in [1.807, 2.05) is 11.9 Å². The van der Waals surface area contributed by atoms with Gasteiger partial charge in [0.1, 0.15) is 11.7 Å². The van der Waals surface area contributed by atoms with E-state index in [1.54, 1.807) is 48.3 Å². The minimum atomic E-state index is -0.286. The first-order valence-electron chi connectivity index (χ1n) is 6.62. The molecule has 0 radical (unpaired) electrons. The van der Waals surface area contributed by atoms with E-state index in [0.717, 1.165) is 0 Å². The number of pyridine rings is 1. The fourth-order valence-corrected chi connectivity index (χ4v) is 2.27. The molecule has 1 aromatic heterocycles. The molecule has 0 aromatic carbocycles. The molecule has 1 aromatic rings. The highest BCUT2D eigenvalue weighted by atomic mass is 16.2. The van der Waals surface area contributed by atoms with Crippen molar-refractivity contribution < 1.29 is 9.59 Å². The van der Waals surface area contributed by atoms with Gasteiger partial charge in [0.2, 0.25) is 5.91 Å². The van der Waals surface area contributed by atoms with Gasteiger partial charge in [-0.15, -0.1) is 0 Å². The van der Waals surface area contributed by atoms with E-state index >= 15 is 0 Å². The molecule has 2 rings (SSSR count). The Kier molecular flexibility index (Phi) is 4.34. The molecule has 1 aliphatic heterocycles. The standard InChI is InChI=1S/C14H20N4O2/c1-16(2)14(20)12-10-18(9-8-17(12)3)13(19)11-6-4-5-7-15-11/h4-7,12H,8-10H2,1-3H3/t12-/m1/s1. The van der Waals surface area contributed by atoms with Crippen LogP contribution >= 0.6 is 0 Å². The number of carbonyl (C=O) groups is 2. The largest absolute Gasteiger partial charge is 0.347 e. The van der Waals surface area contributed by atoms with E-state index in [2.05, 4.69) is 4.98 Å². The van der Waals surface area contributed by atoms with Crippen LogP contribution in [0.15, 0.2) is 24.4 Å². The van der Waals surface area contributed by atoms with Crippen molar-refractivity contribution in [2.75, 3.05) is 40.8 Å². The van der Waals surface area contributed by atoms with Crippen molar-refractivity contribution in [1.29, 1.82) is 0 Å².